The first kappa shape index (κ1) is 8.11. The highest BCUT2D eigenvalue weighted by molar-refractivity contribution is 5.64. The Bertz CT molecular complexity index is 317. The molecule has 0 aliphatic carbocycles. The van der Waals surface area contributed by atoms with Gasteiger partial charge in [-0.3, -0.25) is 10.1 Å². The maximum Gasteiger partial charge on any atom is 0.352 e. The SMILES string of the molecule is Nc1nc(F)nc(N)c1[N+](=O)[O-]. The van der Waals surface area contributed by atoms with Crippen LogP contribution in [0.1, 0.15) is 0 Å². The normalized spacial score (nSPS) is 9.75. The minimum atomic E-state index is -1.18. The van der Waals surface area contributed by atoms with Gasteiger partial charge >= 0.3 is 11.8 Å². The molecule has 12 heavy (non-hydrogen) atoms. The molecule has 0 radical (unpaired) electrons. The van der Waals surface area contributed by atoms with Gasteiger partial charge in [-0.05, 0) is 0 Å². The average molecular weight is 173 g/mol. The third-order valence-electron chi connectivity index (χ3n) is 1.09. The van der Waals surface area contributed by atoms with Crippen molar-refractivity contribution in [1.82, 2.24) is 9.97 Å². The van der Waals surface area contributed by atoms with Crippen molar-refractivity contribution >= 4 is 17.3 Å². The Morgan fingerprint density at radius 3 is 2.08 bits per heavy atom. The van der Waals surface area contributed by atoms with Gasteiger partial charge in [-0.25, -0.2) is 0 Å². The van der Waals surface area contributed by atoms with Gasteiger partial charge in [-0.1, -0.05) is 0 Å². The van der Waals surface area contributed by atoms with Gasteiger partial charge in [-0.15, -0.1) is 0 Å². The fraction of sp³-hybridized carbons (Fsp3) is 0. The molecule has 1 heterocycles. The summed E-state index contributed by atoms with van der Waals surface area (Å²) >= 11 is 0. The third-order valence-corrected chi connectivity index (χ3v) is 1.09. The fourth-order valence-corrected chi connectivity index (χ4v) is 0.648. The average Bonchev–Trinajstić information content (AvgIpc) is 1.82. The second kappa shape index (κ2) is 2.57. The molecule has 8 heteroatoms. The lowest BCUT2D eigenvalue weighted by atomic mass is 10.4. The van der Waals surface area contributed by atoms with E-state index in [1.165, 1.54) is 0 Å². The lowest BCUT2D eigenvalue weighted by Crippen LogP contribution is -2.07. The second-order valence-corrected chi connectivity index (χ2v) is 1.87. The highest BCUT2D eigenvalue weighted by Gasteiger charge is 2.20. The molecular weight excluding hydrogens is 169 g/mol. The summed E-state index contributed by atoms with van der Waals surface area (Å²) in [5, 5.41) is 10.2. The van der Waals surface area contributed by atoms with Crippen LogP contribution in [0.3, 0.4) is 0 Å². The van der Waals surface area contributed by atoms with E-state index in [1.807, 2.05) is 0 Å². The predicted octanol–water partition coefficient (Wildman–Crippen LogP) is -0.312. The van der Waals surface area contributed by atoms with Crippen molar-refractivity contribution in [3.05, 3.63) is 16.2 Å². The summed E-state index contributed by atoms with van der Waals surface area (Å²) < 4.78 is 12.3. The Morgan fingerprint density at radius 2 is 1.75 bits per heavy atom. The minimum absolute atomic E-state index is 0.579. The summed E-state index contributed by atoms with van der Waals surface area (Å²) in [7, 11) is 0. The molecular formula is C4H4FN5O2. The topological polar surface area (TPSA) is 121 Å². The van der Waals surface area contributed by atoms with Crippen LogP contribution in [0.2, 0.25) is 0 Å². The molecule has 1 aromatic heterocycles. The van der Waals surface area contributed by atoms with E-state index < -0.39 is 28.3 Å². The van der Waals surface area contributed by atoms with Crippen molar-refractivity contribution in [3.8, 4) is 0 Å². The first-order chi connectivity index (χ1) is 5.52. The van der Waals surface area contributed by atoms with Gasteiger partial charge in [0.25, 0.3) is 0 Å². The van der Waals surface area contributed by atoms with Gasteiger partial charge in [0.15, 0.2) is 0 Å². The number of nitro groups is 1. The molecule has 0 unspecified atom stereocenters. The zero-order valence-electron chi connectivity index (χ0n) is 5.69. The number of anilines is 2. The number of nitrogens with zero attached hydrogens (tertiary/aromatic N) is 3. The minimum Gasteiger partial charge on any atom is -0.378 e. The molecule has 0 spiro atoms. The molecule has 0 aliphatic heterocycles. The van der Waals surface area contributed by atoms with Crippen LogP contribution in [-0.4, -0.2) is 14.9 Å². The lowest BCUT2D eigenvalue weighted by molar-refractivity contribution is -0.383. The molecule has 0 aliphatic rings. The Labute approximate surface area is 65.4 Å². The van der Waals surface area contributed by atoms with Crippen molar-refractivity contribution in [2.45, 2.75) is 0 Å². The zero-order valence-corrected chi connectivity index (χ0v) is 5.69. The lowest BCUT2D eigenvalue weighted by Gasteiger charge is -1.97. The molecule has 7 nitrogen and oxygen atoms in total. The van der Waals surface area contributed by atoms with Crippen LogP contribution in [0.5, 0.6) is 0 Å². The number of aromatic nitrogens is 2. The van der Waals surface area contributed by atoms with E-state index in [1.54, 1.807) is 0 Å². The van der Waals surface area contributed by atoms with Crippen molar-refractivity contribution in [2.75, 3.05) is 11.5 Å². The maximum atomic E-state index is 12.3. The monoisotopic (exact) mass is 173 g/mol. The van der Waals surface area contributed by atoms with E-state index in [9.17, 15) is 14.5 Å². The summed E-state index contributed by atoms with van der Waals surface area (Å²) in [6, 6.07) is 0. The number of nitrogen functional groups attached to an aromatic ring is 2. The molecule has 0 fully saturated rings. The van der Waals surface area contributed by atoms with Gasteiger partial charge in [0.1, 0.15) is 0 Å². The van der Waals surface area contributed by atoms with Gasteiger partial charge in [0.05, 0.1) is 4.92 Å². The standard InChI is InChI=1S/C4H4FN5O2/c5-4-8-2(6)1(10(11)12)3(7)9-4/h(H4,6,7,8,9). The van der Waals surface area contributed by atoms with E-state index in [0.717, 1.165) is 0 Å². The number of hydrogen-bond acceptors (Lipinski definition) is 6. The molecule has 1 rings (SSSR count). The highest BCUT2D eigenvalue weighted by atomic mass is 19.1. The predicted molar refractivity (Wildman–Crippen MR) is 37.5 cm³/mol. The van der Waals surface area contributed by atoms with Crippen molar-refractivity contribution in [1.29, 1.82) is 0 Å². The Balaban J connectivity index is 3.38. The third kappa shape index (κ3) is 1.21. The molecule has 0 saturated carbocycles. The van der Waals surface area contributed by atoms with Gasteiger partial charge < -0.3 is 11.5 Å². The molecule has 0 aromatic carbocycles. The van der Waals surface area contributed by atoms with E-state index in [2.05, 4.69) is 9.97 Å². The number of halogens is 1. The largest absolute Gasteiger partial charge is 0.378 e. The quantitative estimate of drug-likeness (QED) is 0.341. The summed E-state index contributed by atoms with van der Waals surface area (Å²) in [5.74, 6) is -1.16. The molecule has 0 atom stereocenters. The van der Waals surface area contributed by atoms with Gasteiger partial charge in [-0.2, -0.15) is 14.4 Å². The second-order valence-electron chi connectivity index (χ2n) is 1.87. The first-order valence-electron chi connectivity index (χ1n) is 2.75. The number of hydrogen-bond donors (Lipinski definition) is 2. The van der Waals surface area contributed by atoms with Crippen LogP contribution in [-0.2, 0) is 0 Å². The molecule has 64 valence electrons. The first-order valence-corrected chi connectivity index (χ1v) is 2.75. The van der Waals surface area contributed by atoms with Crippen LogP contribution >= 0.6 is 0 Å². The van der Waals surface area contributed by atoms with Gasteiger partial charge in [0, 0.05) is 0 Å². The fourth-order valence-electron chi connectivity index (χ4n) is 0.648. The van der Waals surface area contributed by atoms with Crippen molar-refractivity contribution in [2.24, 2.45) is 0 Å². The van der Waals surface area contributed by atoms with E-state index >= 15 is 0 Å². The van der Waals surface area contributed by atoms with Crippen LogP contribution in [0.15, 0.2) is 0 Å². The van der Waals surface area contributed by atoms with E-state index in [4.69, 9.17) is 11.5 Å². The van der Waals surface area contributed by atoms with Crippen molar-refractivity contribution < 1.29 is 9.31 Å². The van der Waals surface area contributed by atoms with Crippen LogP contribution in [0.4, 0.5) is 21.7 Å². The van der Waals surface area contributed by atoms with Crippen LogP contribution in [0.25, 0.3) is 0 Å². The molecule has 0 saturated heterocycles. The zero-order chi connectivity index (χ0) is 9.30. The molecule has 0 bridgehead atoms. The Morgan fingerprint density at radius 1 is 1.33 bits per heavy atom. The van der Waals surface area contributed by atoms with Crippen molar-refractivity contribution in [3.63, 3.8) is 0 Å². The Hall–Kier alpha value is -1.99. The molecule has 4 N–H and O–H groups in total. The molecule has 0 amide bonds. The van der Waals surface area contributed by atoms with Crippen LogP contribution in [0, 0.1) is 16.2 Å². The van der Waals surface area contributed by atoms with E-state index in [-0.39, 0.29) is 0 Å². The molecule has 1 aromatic rings. The summed E-state index contributed by atoms with van der Waals surface area (Å²) in [6.07, 6.45) is -1.18. The summed E-state index contributed by atoms with van der Waals surface area (Å²) in [5.41, 5.74) is 9.35. The Kier molecular flexibility index (Phi) is 1.73. The van der Waals surface area contributed by atoms with Crippen LogP contribution < -0.4 is 11.5 Å². The highest BCUT2D eigenvalue weighted by Crippen LogP contribution is 2.23. The summed E-state index contributed by atoms with van der Waals surface area (Å²) in [6.45, 7) is 0. The van der Waals surface area contributed by atoms with Gasteiger partial charge in [0.2, 0.25) is 11.6 Å². The summed E-state index contributed by atoms with van der Waals surface area (Å²) in [4.78, 5) is 15.2. The number of nitrogens with two attached hydrogens (primary N) is 2. The maximum absolute atomic E-state index is 12.3. The smallest absolute Gasteiger partial charge is 0.352 e. The number of rotatable bonds is 1. The van der Waals surface area contributed by atoms with E-state index in [0.29, 0.717) is 0 Å².